The average Bonchev–Trinajstić information content (AvgIpc) is 3.38. The predicted octanol–water partition coefficient (Wildman–Crippen LogP) is 4.51. The second kappa shape index (κ2) is 9.02. The minimum Gasteiger partial charge on any atom is -0.326 e. The van der Waals surface area contributed by atoms with E-state index in [1.807, 2.05) is 71.5 Å². The Labute approximate surface area is 177 Å². The molecule has 8 heteroatoms. The van der Waals surface area contributed by atoms with Crippen LogP contribution in [0, 0.1) is 6.92 Å². The van der Waals surface area contributed by atoms with Gasteiger partial charge >= 0.3 is 0 Å². The van der Waals surface area contributed by atoms with Crippen molar-refractivity contribution in [2.24, 2.45) is 0 Å². The highest BCUT2D eigenvalue weighted by Gasteiger charge is 2.11. The first-order valence-electron chi connectivity index (χ1n) is 9.05. The number of rotatable bonds is 7. The van der Waals surface area contributed by atoms with E-state index in [1.54, 1.807) is 18.1 Å². The lowest BCUT2D eigenvalue weighted by atomic mass is 10.2. The maximum absolute atomic E-state index is 12.3. The van der Waals surface area contributed by atoms with Gasteiger partial charge in [-0.25, -0.2) is 4.98 Å². The third-order valence-electron chi connectivity index (χ3n) is 4.15. The van der Waals surface area contributed by atoms with Crippen LogP contribution in [0.15, 0.2) is 71.5 Å². The summed E-state index contributed by atoms with van der Waals surface area (Å²) in [5.41, 5.74) is 3.91. The normalized spacial score (nSPS) is 10.8. The Morgan fingerprint density at radius 2 is 1.93 bits per heavy atom. The lowest BCUT2D eigenvalue weighted by Crippen LogP contribution is -2.14. The van der Waals surface area contributed by atoms with E-state index in [1.165, 1.54) is 11.3 Å². The Hall–Kier alpha value is -2.97. The fourth-order valence-corrected chi connectivity index (χ4v) is 4.42. The van der Waals surface area contributed by atoms with E-state index < -0.39 is 0 Å². The highest BCUT2D eigenvalue weighted by atomic mass is 32.2. The molecule has 4 aromatic rings. The van der Waals surface area contributed by atoms with Crippen molar-refractivity contribution in [1.29, 1.82) is 0 Å². The zero-order valence-electron chi connectivity index (χ0n) is 15.8. The van der Waals surface area contributed by atoms with Crippen LogP contribution in [0.1, 0.15) is 16.3 Å². The zero-order valence-corrected chi connectivity index (χ0v) is 17.4. The van der Waals surface area contributed by atoms with Crippen molar-refractivity contribution >= 4 is 34.7 Å². The molecular formula is C21H19N5OS2. The third kappa shape index (κ3) is 5.10. The molecule has 0 saturated carbocycles. The van der Waals surface area contributed by atoms with Crippen molar-refractivity contribution < 1.29 is 4.79 Å². The number of hydrogen-bond donors (Lipinski definition) is 1. The molecule has 0 radical (unpaired) electrons. The number of benzene rings is 2. The van der Waals surface area contributed by atoms with E-state index in [4.69, 9.17) is 0 Å². The van der Waals surface area contributed by atoms with Gasteiger partial charge in [-0.05, 0) is 31.2 Å². The minimum absolute atomic E-state index is 0.0637. The van der Waals surface area contributed by atoms with Crippen LogP contribution < -0.4 is 5.32 Å². The molecule has 0 atom stereocenters. The smallest absolute Gasteiger partial charge is 0.231 e. The van der Waals surface area contributed by atoms with E-state index in [0.717, 1.165) is 32.8 Å². The molecule has 29 heavy (non-hydrogen) atoms. The summed E-state index contributed by atoms with van der Waals surface area (Å²) in [5, 5.41) is 14.7. The molecule has 0 spiro atoms. The summed E-state index contributed by atoms with van der Waals surface area (Å²) in [5.74, 6) is 0.605. The summed E-state index contributed by atoms with van der Waals surface area (Å²) in [6.45, 7) is 2.02. The molecule has 2 aromatic heterocycles. The molecule has 0 aliphatic rings. The molecule has 0 bridgehead atoms. The van der Waals surface area contributed by atoms with Crippen molar-refractivity contribution in [1.82, 2.24) is 19.7 Å². The lowest BCUT2D eigenvalue weighted by molar-refractivity contribution is -0.115. The molecule has 0 saturated heterocycles. The largest absolute Gasteiger partial charge is 0.326 e. The molecule has 2 aromatic carbocycles. The third-order valence-corrected chi connectivity index (χ3v) is 6.02. The fraction of sp³-hybridized carbons (Fsp3) is 0.143. The van der Waals surface area contributed by atoms with Crippen LogP contribution in [0.4, 0.5) is 5.69 Å². The van der Waals surface area contributed by atoms with Crippen LogP contribution in [-0.2, 0) is 17.0 Å². The van der Waals surface area contributed by atoms with Gasteiger partial charge in [0.1, 0.15) is 11.3 Å². The second-order valence-electron chi connectivity index (χ2n) is 6.43. The van der Waals surface area contributed by atoms with E-state index in [9.17, 15) is 4.79 Å². The van der Waals surface area contributed by atoms with E-state index in [2.05, 4.69) is 20.5 Å². The van der Waals surface area contributed by atoms with Gasteiger partial charge in [0.2, 0.25) is 5.91 Å². The number of nitrogens with one attached hydrogen (secondary N) is 1. The van der Waals surface area contributed by atoms with Crippen LogP contribution in [0.3, 0.4) is 0 Å². The molecule has 0 aliphatic carbocycles. The molecule has 1 amide bonds. The summed E-state index contributed by atoms with van der Waals surface area (Å²) >= 11 is 3.07. The maximum Gasteiger partial charge on any atom is 0.231 e. The zero-order chi connectivity index (χ0) is 20.1. The van der Waals surface area contributed by atoms with Gasteiger partial charge in [0.25, 0.3) is 0 Å². The second-order valence-corrected chi connectivity index (χ2v) is 8.32. The first-order valence-corrected chi connectivity index (χ1v) is 10.9. The van der Waals surface area contributed by atoms with Gasteiger partial charge in [-0.1, -0.05) is 47.7 Å². The maximum atomic E-state index is 12.3. The van der Waals surface area contributed by atoms with Gasteiger partial charge in [0.15, 0.2) is 5.16 Å². The summed E-state index contributed by atoms with van der Waals surface area (Å²) < 4.78 is 1.95. The van der Waals surface area contributed by atoms with Gasteiger partial charge in [-0.15, -0.1) is 21.5 Å². The van der Waals surface area contributed by atoms with Crippen molar-refractivity contribution in [2.45, 2.75) is 24.3 Å². The number of aromatic nitrogens is 4. The Bertz CT molecular complexity index is 1090. The Kier molecular flexibility index (Phi) is 6.02. The van der Waals surface area contributed by atoms with Gasteiger partial charge in [-0.3, -0.25) is 9.36 Å². The highest BCUT2D eigenvalue weighted by molar-refractivity contribution is 7.98. The monoisotopic (exact) mass is 421 g/mol. The first kappa shape index (κ1) is 19.4. The minimum atomic E-state index is -0.0637. The number of aryl methyl sites for hydroxylation is 1. The van der Waals surface area contributed by atoms with Crippen molar-refractivity contribution in [3.8, 4) is 5.69 Å². The predicted molar refractivity (Wildman–Crippen MR) is 117 cm³/mol. The van der Waals surface area contributed by atoms with E-state index in [0.29, 0.717) is 5.75 Å². The summed E-state index contributed by atoms with van der Waals surface area (Å²) in [4.78, 5) is 16.8. The molecule has 146 valence electrons. The highest BCUT2D eigenvalue weighted by Crippen LogP contribution is 2.24. The molecule has 6 nitrogen and oxygen atoms in total. The van der Waals surface area contributed by atoms with Crippen molar-refractivity contribution in [3.05, 3.63) is 82.6 Å². The number of hydrogen-bond acceptors (Lipinski definition) is 6. The molecular weight excluding hydrogens is 402 g/mol. The molecule has 0 aliphatic heterocycles. The standard InChI is InChI=1S/C21H19N5OS2/c1-15-7-9-16(10-8-15)23-19(27)11-20-24-17(12-28-20)13-29-21-25-22-14-26(21)18-5-3-2-4-6-18/h2-10,12,14H,11,13H2,1H3,(H,23,27). The molecule has 0 fully saturated rings. The number of amides is 1. The summed E-state index contributed by atoms with van der Waals surface area (Å²) in [6, 6.07) is 17.7. The molecule has 0 unspecified atom stereocenters. The SMILES string of the molecule is Cc1ccc(NC(=O)Cc2nc(CSc3nncn3-c3ccccc3)cs2)cc1. The number of thioether (sulfide) groups is 1. The lowest BCUT2D eigenvalue weighted by Gasteiger charge is -2.05. The van der Waals surface area contributed by atoms with Crippen LogP contribution in [0.5, 0.6) is 0 Å². The van der Waals surface area contributed by atoms with Crippen LogP contribution in [0.2, 0.25) is 0 Å². The van der Waals surface area contributed by atoms with E-state index in [-0.39, 0.29) is 12.3 Å². The first-order chi connectivity index (χ1) is 14.2. The molecule has 1 N–H and O–H groups in total. The Morgan fingerprint density at radius 3 is 2.72 bits per heavy atom. The Balaban J connectivity index is 1.34. The summed E-state index contributed by atoms with van der Waals surface area (Å²) in [6.07, 6.45) is 1.98. The number of anilines is 1. The topological polar surface area (TPSA) is 72.7 Å². The van der Waals surface area contributed by atoms with Gasteiger partial charge in [0, 0.05) is 22.5 Å². The van der Waals surface area contributed by atoms with Gasteiger partial charge < -0.3 is 5.32 Å². The summed E-state index contributed by atoms with van der Waals surface area (Å²) in [7, 11) is 0. The van der Waals surface area contributed by atoms with Crippen LogP contribution in [0.25, 0.3) is 5.69 Å². The number of nitrogens with zero attached hydrogens (tertiary/aromatic N) is 4. The number of carbonyl (C=O) groups is 1. The van der Waals surface area contributed by atoms with Crippen LogP contribution >= 0.6 is 23.1 Å². The van der Waals surface area contributed by atoms with Gasteiger partial charge in [0.05, 0.1) is 12.1 Å². The quantitative estimate of drug-likeness (QED) is 0.445. The number of thiazole rings is 1. The van der Waals surface area contributed by atoms with Crippen LogP contribution in [-0.4, -0.2) is 25.7 Å². The Morgan fingerprint density at radius 1 is 1.14 bits per heavy atom. The van der Waals surface area contributed by atoms with Crippen molar-refractivity contribution in [2.75, 3.05) is 5.32 Å². The fourth-order valence-electron chi connectivity index (χ4n) is 2.70. The van der Waals surface area contributed by atoms with Gasteiger partial charge in [-0.2, -0.15) is 0 Å². The molecule has 4 rings (SSSR count). The average molecular weight is 422 g/mol. The number of para-hydroxylation sites is 1. The van der Waals surface area contributed by atoms with E-state index >= 15 is 0 Å². The number of carbonyl (C=O) groups excluding carboxylic acids is 1. The molecule has 2 heterocycles. The van der Waals surface area contributed by atoms with Crippen molar-refractivity contribution in [3.63, 3.8) is 0 Å².